The van der Waals surface area contributed by atoms with Crippen LogP contribution in [-0.4, -0.2) is 40.1 Å². The molecule has 1 aliphatic heterocycles. The van der Waals surface area contributed by atoms with Crippen molar-refractivity contribution in [3.8, 4) is 17.1 Å². The van der Waals surface area contributed by atoms with E-state index in [2.05, 4.69) is 10.1 Å². The van der Waals surface area contributed by atoms with Crippen LogP contribution in [0.4, 0.5) is 10.5 Å². The van der Waals surface area contributed by atoms with Crippen LogP contribution in [0.25, 0.3) is 11.4 Å². The van der Waals surface area contributed by atoms with E-state index in [9.17, 15) is 9.59 Å². The number of hydrogen-bond acceptors (Lipinski definition) is 6. The largest absolute Gasteiger partial charge is 0.497 e. The van der Waals surface area contributed by atoms with Gasteiger partial charge in [0, 0.05) is 11.6 Å². The minimum atomic E-state index is -0.336. The summed E-state index contributed by atoms with van der Waals surface area (Å²) in [5.41, 5.74) is 3.52. The van der Waals surface area contributed by atoms with Crippen molar-refractivity contribution >= 4 is 17.6 Å². The molecule has 1 aromatic heterocycles. The van der Waals surface area contributed by atoms with Gasteiger partial charge in [-0.3, -0.25) is 4.79 Å². The lowest BCUT2D eigenvalue weighted by molar-refractivity contribution is -0.127. The third kappa shape index (κ3) is 3.93. The molecule has 2 aromatic carbocycles. The molecule has 0 bridgehead atoms. The van der Waals surface area contributed by atoms with Crippen LogP contribution in [0.2, 0.25) is 0 Å². The molecule has 8 heteroatoms. The van der Waals surface area contributed by atoms with Gasteiger partial charge in [0.25, 0.3) is 0 Å². The predicted octanol–water partition coefficient (Wildman–Crippen LogP) is 4.89. The lowest BCUT2D eigenvalue weighted by atomic mass is 9.81. The number of carbonyl (C=O) groups excluding carboxylic acids is 2. The van der Waals surface area contributed by atoms with E-state index in [0.717, 1.165) is 42.4 Å². The first kappa shape index (κ1) is 22.1. The second kappa shape index (κ2) is 8.93. The Hall–Kier alpha value is -3.68. The zero-order valence-corrected chi connectivity index (χ0v) is 19.7. The van der Waals surface area contributed by atoms with Crippen LogP contribution in [0, 0.1) is 19.8 Å². The average Bonchev–Trinajstić information content (AvgIpc) is 3.33. The molecule has 1 saturated carbocycles. The monoisotopic (exact) mass is 460 g/mol. The van der Waals surface area contributed by atoms with E-state index in [-0.39, 0.29) is 30.4 Å². The van der Waals surface area contributed by atoms with Gasteiger partial charge in [-0.1, -0.05) is 36.2 Å². The molecule has 2 heterocycles. The molecule has 2 fully saturated rings. The summed E-state index contributed by atoms with van der Waals surface area (Å²) < 4.78 is 10.8. The highest BCUT2D eigenvalue weighted by Gasteiger charge is 2.48. The van der Waals surface area contributed by atoms with Gasteiger partial charge in [0.1, 0.15) is 12.3 Å². The van der Waals surface area contributed by atoms with E-state index in [1.165, 1.54) is 4.90 Å². The lowest BCUT2D eigenvalue weighted by Gasteiger charge is -2.46. The Labute approximate surface area is 198 Å². The summed E-state index contributed by atoms with van der Waals surface area (Å²) in [6.07, 6.45) is 3.53. The van der Waals surface area contributed by atoms with Crippen molar-refractivity contribution in [3.05, 3.63) is 59.5 Å². The maximum absolute atomic E-state index is 13.7. The summed E-state index contributed by atoms with van der Waals surface area (Å²) in [6, 6.07) is 12.6. The number of ether oxygens (including phenoxy) is 1. The molecule has 0 N–H and O–H groups in total. The van der Waals surface area contributed by atoms with Gasteiger partial charge < -0.3 is 14.2 Å². The molecule has 1 saturated heterocycles. The van der Waals surface area contributed by atoms with Gasteiger partial charge in [-0.2, -0.15) is 4.98 Å². The van der Waals surface area contributed by atoms with E-state index in [1.807, 2.05) is 56.3 Å². The Morgan fingerprint density at radius 2 is 1.88 bits per heavy atom. The van der Waals surface area contributed by atoms with Gasteiger partial charge in [-0.25, -0.2) is 9.69 Å². The van der Waals surface area contributed by atoms with Crippen LogP contribution in [0.15, 0.2) is 47.0 Å². The topological polar surface area (TPSA) is 88.8 Å². The molecule has 176 valence electrons. The molecule has 34 heavy (non-hydrogen) atoms. The van der Waals surface area contributed by atoms with Crippen LogP contribution in [0.3, 0.4) is 0 Å². The third-order valence-electron chi connectivity index (χ3n) is 6.95. The first-order valence-corrected chi connectivity index (χ1v) is 11.6. The number of fused-ring (bicyclic) bond motifs is 1. The Morgan fingerprint density at radius 3 is 2.68 bits per heavy atom. The number of rotatable bonds is 5. The number of carbonyl (C=O) groups is 2. The standard InChI is InChI=1S/C26H28N4O4/c1-16-11-12-19(13-17(16)2)30-25(31)21-9-4-5-10-22(21)29(26(30)32)15-23-27-24(28-34-23)18-7-6-8-20(14-18)33-3/h6-8,11-14,21-22H,4-5,9-10,15H2,1-3H3. The van der Waals surface area contributed by atoms with Crippen molar-refractivity contribution in [3.63, 3.8) is 0 Å². The summed E-state index contributed by atoms with van der Waals surface area (Å²) in [6.45, 7) is 4.15. The number of anilines is 1. The van der Waals surface area contributed by atoms with Gasteiger partial charge in [-0.05, 0) is 62.1 Å². The molecule has 1 aliphatic carbocycles. The predicted molar refractivity (Wildman–Crippen MR) is 126 cm³/mol. The minimum Gasteiger partial charge on any atom is -0.497 e. The highest BCUT2D eigenvalue weighted by molar-refractivity contribution is 6.17. The van der Waals surface area contributed by atoms with Crippen LogP contribution < -0.4 is 9.64 Å². The van der Waals surface area contributed by atoms with Gasteiger partial charge in [0.2, 0.25) is 17.6 Å². The van der Waals surface area contributed by atoms with Crippen molar-refractivity contribution in [2.75, 3.05) is 12.0 Å². The second-order valence-corrected chi connectivity index (χ2v) is 9.05. The van der Waals surface area contributed by atoms with Crippen molar-refractivity contribution in [1.82, 2.24) is 15.0 Å². The zero-order valence-electron chi connectivity index (χ0n) is 19.7. The maximum atomic E-state index is 13.7. The molecular weight excluding hydrogens is 432 g/mol. The van der Waals surface area contributed by atoms with Crippen molar-refractivity contribution in [1.29, 1.82) is 0 Å². The molecule has 2 unspecified atom stereocenters. The normalized spacial score (nSPS) is 20.4. The summed E-state index contributed by atoms with van der Waals surface area (Å²) in [7, 11) is 1.60. The Kier molecular flexibility index (Phi) is 5.81. The van der Waals surface area contributed by atoms with Crippen molar-refractivity contribution < 1.29 is 18.8 Å². The molecule has 2 aliphatic rings. The van der Waals surface area contributed by atoms with Crippen molar-refractivity contribution in [2.45, 2.75) is 52.1 Å². The average molecular weight is 461 g/mol. The van der Waals surface area contributed by atoms with Crippen molar-refractivity contribution in [2.24, 2.45) is 5.92 Å². The highest BCUT2D eigenvalue weighted by atomic mass is 16.5. The van der Waals surface area contributed by atoms with Crippen LogP contribution in [0.1, 0.15) is 42.7 Å². The number of imide groups is 1. The number of hydrogen-bond donors (Lipinski definition) is 0. The van der Waals surface area contributed by atoms with Gasteiger partial charge in [0.15, 0.2) is 0 Å². The van der Waals surface area contributed by atoms with E-state index in [4.69, 9.17) is 9.26 Å². The molecule has 8 nitrogen and oxygen atoms in total. The Morgan fingerprint density at radius 1 is 1.06 bits per heavy atom. The molecule has 2 atom stereocenters. The Balaban J connectivity index is 1.46. The zero-order chi connectivity index (χ0) is 23.8. The maximum Gasteiger partial charge on any atom is 0.332 e. The van der Waals surface area contributed by atoms with Gasteiger partial charge in [0.05, 0.1) is 18.7 Å². The fourth-order valence-electron chi connectivity index (χ4n) is 4.93. The molecule has 0 radical (unpaired) electrons. The summed E-state index contributed by atoms with van der Waals surface area (Å²) in [5, 5.41) is 4.11. The first-order valence-electron chi connectivity index (χ1n) is 11.6. The van der Waals surface area contributed by atoms with Gasteiger partial charge >= 0.3 is 6.03 Å². The van der Waals surface area contributed by atoms with Crippen LogP contribution in [0.5, 0.6) is 5.75 Å². The van der Waals surface area contributed by atoms with E-state index >= 15 is 0 Å². The number of urea groups is 1. The molecule has 0 spiro atoms. The van der Waals surface area contributed by atoms with E-state index in [0.29, 0.717) is 23.2 Å². The van der Waals surface area contributed by atoms with E-state index in [1.54, 1.807) is 12.0 Å². The molecule has 5 rings (SSSR count). The summed E-state index contributed by atoms with van der Waals surface area (Å²) >= 11 is 0. The number of methoxy groups -OCH3 is 1. The molecule has 3 amide bonds. The minimum absolute atomic E-state index is 0.114. The second-order valence-electron chi connectivity index (χ2n) is 9.05. The molecule has 3 aromatic rings. The van der Waals surface area contributed by atoms with Gasteiger partial charge in [-0.15, -0.1) is 0 Å². The van der Waals surface area contributed by atoms with E-state index < -0.39 is 0 Å². The number of nitrogens with zero attached hydrogens (tertiary/aromatic N) is 4. The number of benzene rings is 2. The fourth-order valence-corrected chi connectivity index (χ4v) is 4.93. The number of aryl methyl sites for hydroxylation is 2. The summed E-state index contributed by atoms with van der Waals surface area (Å²) in [5.74, 6) is 1.12. The first-order chi connectivity index (χ1) is 16.5. The highest BCUT2D eigenvalue weighted by Crippen LogP contribution is 2.37. The number of amides is 3. The van der Waals surface area contributed by atoms with Crippen LogP contribution in [-0.2, 0) is 11.3 Å². The third-order valence-corrected chi connectivity index (χ3v) is 6.95. The smallest absolute Gasteiger partial charge is 0.332 e. The lowest BCUT2D eigenvalue weighted by Crippen LogP contribution is -2.62. The quantitative estimate of drug-likeness (QED) is 0.539. The SMILES string of the molecule is COc1cccc(-c2noc(CN3C(=O)N(c4ccc(C)c(C)c4)C(=O)C4CCCCC43)n2)c1. The molecular formula is C26H28N4O4. The number of aromatic nitrogens is 2. The Bertz CT molecular complexity index is 1240. The van der Waals surface area contributed by atoms with Crippen LogP contribution >= 0.6 is 0 Å². The fraction of sp³-hybridized carbons (Fsp3) is 0.385. The summed E-state index contributed by atoms with van der Waals surface area (Å²) in [4.78, 5) is 34.7.